The van der Waals surface area contributed by atoms with Crippen molar-refractivity contribution >= 4 is 18.6 Å². The molecule has 3 nitrogen and oxygen atoms in total. The van der Waals surface area contributed by atoms with Crippen LogP contribution in [0.5, 0.6) is 0 Å². The van der Waals surface area contributed by atoms with Crippen molar-refractivity contribution in [2.75, 3.05) is 6.54 Å². The minimum absolute atomic E-state index is 0.0713. The van der Waals surface area contributed by atoms with E-state index in [1.807, 2.05) is 25.1 Å². The molecule has 0 saturated heterocycles. The van der Waals surface area contributed by atoms with E-state index in [1.54, 1.807) is 0 Å². The molecule has 0 aliphatic rings. The number of aryl methyl sites for hydroxylation is 1. The zero-order chi connectivity index (χ0) is 11.4. The van der Waals surface area contributed by atoms with Gasteiger partial charge in [0.05, 0.1) is 6.42 Å². The van der Waals surface area contributed by atoms with E-state index in [0.717, 1.165) is 16.0 Å². The lowest BCUT2D eigenvalue weighted by Gasteiger charge is -2.13. The minimum atomic E-state index is -0.821. The van der Waals surface area contributed by atoms with Gasteiger partial charge in [-0.3, -0.25) is 4.79 Å². The molecule has 1 atom stereocenters. The summed E-state index contributed by atoms with van der Waals surface area (Å²) < 4.78 is 0. The summed E-state index contributed by atoms with van der Waals surface area (Å²) in [5.41, 5.74) is 7.57. The van der Waals surface area contributed by atoms with Crippen LogP contribution in [0.1, 0.15) is 23.5 Å². The van der Waals surface area contributed by atoms with Crippen molar-refractivity contribution in [1.82, 2.24) is 0 Å². The Kier molecular flexibility index (Phi) is 4.17. The van der Waals surface area contributed by atoms with E-state index < -0.39 is 5.97 Å². The number of hydrogen-bond donors (Lipinski definition) is 3. The second kappa shape index (κ2) is 5.19. The molecule has 0 bridgehead atoms. The summed E-state index contributed by atoms with van der Waals surface area (Å²) in [7, 11) is 0. The van der Waals surface area contributed by atoms with Crippen molar-refractivity contribution in [3.05, 3.63) is 29.3 Å². The molecule has 15 heavy (non-hydrogen) atoms. The van der Waals surface area contributed by atoms with Gasteiger partial charge in [0.2, 0.25) is 0 Å². The summed E-state index contributed by atoms with van der Waals surface area (Å²) in [6.07, 6.45) is 0.0713. The van der Waals surface area contributed by atoms with Crippen LogP contribution < -0.4 is 5.73 Å². The average molecular weight is 225 g/mol. The fourth-order valence-corrected chi connectivity index (χ4v) is 1.62. The summed E-state index contributed by atoms with van der Waals surface area (Å²) in [4.78, 5) is 11.5. The van der Waals surface area contributed by atoms with Crippen LogP contribution in [0.2, 0.25) is 0 Å². The molecule has 0 heterocycles. The van der Waals surface area contributed by atoms with Crippen LogP contribution in [0.3, 0.4) is 0 Å². The van der Waals surface area contributed by atoms with Crippen LogP contribution in [0.15, 0.2) is 23.1 Å². The van der Waals surface area contributed by atoms with Gasteiger partial charge in [0.25, 0.3) is 0 Å². The van der Waals surface area contributed by atoms with Crippen LogP contribution in [0.4, 0.5) is 0 Å². The molecule has 0 fully saturated rings. The maximum Gasteiger partial charge on any atom is 0.304 e. The lowest BCUT2D eigenvalue weighted by molar-refractivity contribution is -0.137. The predicted octanol–water partition coefficient (Wildman–Crippen LogP) is 1.80. The fourth-order valence-electron chi connectivity index (χ4n) is 1.48. The molecule has 82 valence electrons. The number of hydrogen-bond acceptors (Lipinski definition) is 3. The van der Waals surface area contributed by atoms with Gasteiger partial charge in [0, 0.05) is 10.8 Å². The first-order valence-electron chi connectivity index (χ1n) is 4.76. The Hall–Kier alpha value is -1.000. The Labute approximate surface area is 94.7 Å². The Balaban J connectivity index is 2.92. The van der Waals surface area contributed by atoms with E-state index in [0.29, 0.717) is 6.54 Å². The first kappa shape index (κ1) is 12.1. The molecule has 0 amide bonds. The molecular weight excluding hydrogens is 210 g/mol. The van der Waals surface area contributed by atoms with Gasteiger partial charge in [-0.1, -0.05) is 12.1 Å². The molecule has 1 aromatic carbocycles. The van der Waals surface area contributed by atoms with Crippen molar-refractivity contribution < 1.29 is 9.90 Å². The second-order valence-corrected chi connectivity index (χ2v) is 4.06. The van der Waals surface area contributed by atoms with E-state index in [1.165, 1.54) is 0 Å². The van der Waals surface area contributed by atoms with Gasteiger partial charge in [-0.2, -0.15) is 0 Å². The first-order chi connectivity index (χ1) is 7.04. The van der Waals surface area contributed by atoms with Crippen molar-refractivity contribution in [2.24, 2.45) is 5.73 Å². The lowest BCUT2D eigenvalue weighted by Crippen LogP contribution is -2.16. The molecule has 0 aromatic heterocycles. The molecule has 0 aliphatic heterocycles. The van der Waals surface area contributed by atoms with Gasteiger partial charge in [-0.25, -0.2) is 0 Å². The molecule has 4 heteroatoms. The van der Waals surface area contributed by atoms with Crippen LogP contribution in [0, 0.1) is 6.92 Å². The van der Waals surface area contributed by atoms with Crippen molar-refractivity contribution in [3.63, 3.8) is 0 Å². The van der Waals surface area contributed by atoms with E-state index in [-0.39, 0.29) is 12.3 Å². The number of carboxylic acids is 1. The third-order valence-corrected chi connectivity index (χ3v) is 2.90. The van der Waals surface area contributed by atoms with E-state index in [9.17, 15) is 4.79 Å². The third-order valence-electron chi connectivity index (χ3n) is 2.40. The number of carboxylic acid groups (broad SMARTS) is 1. The van der Waals surface area contributed by atoms with Crippen molar-refractivity contribution in [3.8, 4) is 0 Å². The maximum absolute atomic E-state index is 10.6. The van der Waals surface area contributed by atoms with Gasteiger partial charge < -0.3 is 10.8 Å². The summed E-state index contributed by atoms with van der Waals surface area (Å²) in [5.74, 6) is -0.937. The van der Waals surface area contributed by atoms with Gasteiger partial charge in [0.15, 0.2) is 0 Å². The molecular formula is C11H15NO2S. The zero-order valence-corrected chi connectivity index (χ0v) is 9.50. The summed E-state index contributed by atoms with van der Waals surface area (Å²) in [5, 5.41) is 8.73. The SMILES string of the molecule is Cc1cc(C(CN)CC(=O)O)ccc1S. The van der Waals surface area contributed by atoms with E-state index >= 15 is 0 Å². The van der Waals surface area contributed by atoms with Gasteiger partial charge in [-0.15, -0.1) is 12.6 Å². The monoisotopic (exact) mass is 225 g/mol. The zero-order valence-electron chi connectivity index (χ0n) is 8.60. The van der Waals surface area contributed by atoms with Crippen molar-refractivity contribution in [2.45, 2.75) is 24.2 Å². The normalized spacial score (nSPS) is 12.5. The average Bonchev–Trinajstić information content (AvgIpc) is 2.18. The molecule has 0 saturated carbocycles. The number of thiol groups is 1. The molecule has 0 spiro atoms. The first-order valence-corrected chi connectivity index (χ1v) is 5.20. The number of nitrogens with two attached hydrogens (primary N) is 1. The van der Waals surface area contributed by atoms with Gasteiger partial charge in [0.1, 0.15) is 0 Å². The summed E-state index contributed by atoms with van der Waals surface area (Å²) >= 11 is 4.27. The quantitative estimate of drug-likeness (QED) is 0.685. The topological polar surface area (TPSA) is 63.3 Å². The highest BCUT2D eigenvalue weighted by Crippen LogP contribution is 2.22. The highest BCUT2D eigenvalue weighted by Gasteiger charge is 2.14. The number of rotatable bonds is 4. The lowest BCUT2D eigenvalue weighted by atomic mass is 9.94. The standard InChI is InChI=1S/C11H15NO2S/c1-7-4-8(2-3-10(7)15)9(6-12)5-11(13)14/h2-4,9,15H,5-6,12H2,1H3,(H,13,14). The van der Waals surface area contributed by atoms with Crippen LogP contribution in [-0.2, 0) is 4.79 Å². The molecule has 3 N–H and O–H groups in total. The highest BCUT2D eigenvalue weighted by molar-refractivity contribution is 7.80. The molecule has 0 radical (unpaired) electrons. The molecule has 0 aliphatic carbocycles. The van der Waals surface area contributed by atoms with Crippen LogP contribution in [0.25, 0.3) is 0 Å². The Bertz CT molecular complexity index is 366. The Morgan fingerprint density at radius 3 is 2.73 bits per heavy atom. The molecule has 1 unspecified atom stereocenters. The number of aliphatic carboxylic acids is 1. The Morgan fingerprint density at radius 1 is 1.60 bits per heavy atom. The largest absolute Gasteiger partial charge is 0.481 e. The summed E-state index contributed by atoms with van der Waals surface area (Å²) in [6.45, 7) is 2.29. The minimum Gasteiger partial charge on any atom is -0.481 e. The van der Waals surface area contributed by atoms with E-state index in [2.05, 4.69) is 12.6 Å². The highest BCUT2D eigenvalue weighted by atomic mass is 32.1. The van der Waals surface area contributed by atoms with E-state index in [4.69, 9.17) is 10.8 Å². The van der Waals surface area contributed by atoms with Gasteiger partial charge in [-0.05, 0) is 30.7 Å². The number of carbonyl (C=O) groups is 1. The smallest absolute Gasteiger partial charge is 0.304 e. The number of benzene rings is 1. The third kappa shape index (κ3) is 3.25. The fraction of sp³-hybridized carbons (Fsp3) is 0.364. The molecule has 1 rings (SSSR count). The van der Waals surface area contributed by atoms with Crippen LogP contribution in [-0.4, -0.2) is 17.6 Å². The van der Waals surface area contributed by atoms with Gasteiger partial charge >= 0.3 is 5.97 Å². The predicted molar refractivity (Wildman–Crippen MR) is 62.5 cm³/mol. The van der Waals surface area contributed by atoms with Crippen molar-refractivity contribution in [1.29, 1.82) is 0 Å². The molecule has 1 aromatic rings. The summed E-state index contributed by atoms with van der Waals surface area (Å²) in [6, 6.07) is 5.71. The van der Waals surface area contributed by atoms with Crippen LogP contribution >= 0.6 is 12.6 Å². The Morgan fingerprint density at radius 2 is 2.27 bits per heavy atom. The maximum atomic E-state index is 10.6. The second-order valence-electron chi connectivity index (χ2n) is 3.58.